The lowest BCUT2D eigenvalue weighted by Gasteiger charge is -2.16. The fraction of sp³-hybridized carbons (Fsp3) is 0.188. The molecule has 3 aromatic rings. The number of benzene rings is 1. The second-order valence-corrected chi connectivity index (χ2v) is 5.14. The van der Waals surface area contributed by atoms with Gasteiger partial charge in [0.1, 0.15) is 5.75 Å². The highest BCUT2D eigenvalue weighted by Crippen LogP contribution is 2.36. The fourth-order valence-corrected chi connectivity index (χ4v) is 2.74. The van der Waals surface area contributed by atoms with Gasteiger partial charge in [0, 0.05) is 11.5 Å². The van der Waals surface area contributed by atoms with Gasteiger partial charge in [-0.15, -0.1) is 0 Å². The molecule has 0 saturated heterocycles. The average molecular weight is 298 g/mol. The molecule has 2 aromatic carbocycles. The molecule has 0 fully saturated rings. The van der Waals surface area contributed by atoms with Crippen molar-refractivity contribution in [1.82, 2.24) is 10.2 Å². The number of aromatic nitrogens is 2. The van der Waals surface area contributed by atoms with E-state index in [1.165, 1.54) is 6.20 Å². The number of hydrogen-bond acceptors (Lipinski definition) is 5. The molecule has 6 nitrogen and oxygen atoms in total. The summed E-state index contributed by atoms with van der Waals surface area (Å²) in [5.74, 6) is -0.513. The van der Waals surface area contributed by atoms with Gasteiger partial charge in [-0.05, 0) is 24.1 Å². The largest absolute Gasteiger partial charge is 0.508 e. The Morgan fingerprint density at radius 3 is 2.64 bits per heavy atom. The third kappa shape index (κ3) is 2.00. The van der Waals surface area contributed by atoms with E-state index in [1.807, 2.05) is 13.0 Å². The number of phenols is 1. The molecule has 1 heterocycles. The number of H-pyrrole nitrogens is 1. The Labute approximate surface area is 125 Å². The van der Waals surface area contributed by atoms with Crippen LogP contribution in [0, 0.1) is 0 Å². The minimum absolute atomic E-state index is 0.00681. The zero-order valence-corrected chi connectivity index (χ0v) is 11.8. The Bertz CT molecular complexity index is 903. The van der Waals surface area contributed by atoms with Crippen LogP contribution in [0.25, 0.3) is 11.1 Å². The lowest BCUT2D eigenvalue weighted by Crippen LogP contribution is -2.32. The first-order chi connectivity index (χ1) is 10.5. The summed E-state index contributed by atoms with van der Waals surface area (Å²) in [6, 6.07) is 6.81. The molecule has 3 N–H and O–H groups in total. The lowest BCUT2D eigenvalue weighted by molar-refractivity contribution is 0.465. The number of hydrogen-bond donors (Lipinski definition) is 3. The smallest absolute Gasteiger partial charge is 0.268 e. The maximum absolute atomic E-state index is 11.7. The van der Waals surface area contributed by atoms with Crippen molar-refractivity contribution in [3.05, 3.63) is 62.2 Å². The molecule has 1 unspecified atom stereocenters. The van der Waals surface area contributed by atoms with Crippen LogP contribution in [0.15, 0.2) is 40.1 Å². The van der Waals surface area contributed by atoms with Crippen molar-refractivity contribution in [2.75, 3.05) is 0 Å². The van der Waals surface area contributed by atoms with Crippen molar-refractivity contribution in [2.24, 2.45) is 0 Å². The molecular weight excluding hydrogens is 284 g/mol. The van der Waals surface area contributed by atoms with Crippen LogP contribution >= 0.6 is 0 Å². The molecule has 0 radical (unpaired) electrons. The lowest BCUT2D eigenvalue weighted by atomic mass is 9.88. The zero-order valence-electron chi connectivity index (χ0n) is 11.8. The van der Waals surface area contributed by atoms with Crippen LogP contribution in [-0.2, 0) is 0 Å². The molecular formula is C16H14N2O4. The quantitative estimate of drug-likeness (QED) is 0.635. The summed E-state index contributed by atoms with van der Waals surface area (Å²) in [4.78, 5) is 22.9. The standard InChI is InChI=1S/C16H14N2O4/c1-2-10(8-4-3-5-9(19)6-8)13-11(7-17-18-13)12-14(20)16(22)15(12)21/h3-7,10,19-20H,2H2,1H3,(H,17,18). The molecule has 1 atom stereocenters. The van der Waals surface area contributed by atoms with Gasteiger partial charge in [0.15, 0.2) is 5.75 Å². The van der Waals surface area contributed by atoms with Gasteiger partial charge in [-0.25, -0.2) is 0 Å². The van der Waals surface area contributed by atoms with E-state index in [4.69, 9.17) is 0 Å². The van der Waals surface area contributed by atoms with E-state index in [-0.39, 0.29) is 17.2 Å². The summed E-state index contributed by atoms with van der Waals surface area (Å²) in [6.07, 6.45) is 2.12. The van der Waals surface area contributed by atoms with Crippen LogP contribution in [-0.4, -0.2) is 20.4 Å². The highest BCUT2D eigenvalue weighted by Gasteiger charge is 2.27. The van der Waals surface area contributed by atoms with Gasteiger partial charge in [0.2, 0.25) is 5.43 Å². The number of aromatic hydroxyl groups is 2. The number of aromatic amines is 1. The second kappa shape index (κ2) is 5.14. The topological polar surface area (TPSA) is 103 Å². The van der Waals surface area contributed by atoms with Gasteiger partial charge in [0.25, 0.3) is 5.43 Å². The molecule has 6 heteroatoms. The van der Waals surface area contributed by atoms with Gasteiger partial charge in [0.05, 0.1) is 17.5 Å². The van der Waals surface area contributed by atoms with Crippen LogP contribution in [0.2, 0.25) is 0 Å². The van der Waals surface area contributed by atoms with E-state index < -0.39 is 16.6 Å². The van der Waals surface area contributed by atoms with E-state index in [0.717, 1.165) is 5.56 Å². The highest BCUT2D eigenvalue weighted by atomic mass is 16.3. The minimum Gasteiger partial charge on any atom is -0.508 e. The number of nitrogens with one attached hydrogen (secondary N) is 1. The first-order valence-electron chi connectivity index (χ1n) is 6.89. The molecule has 0 amide bonds. The van der Waals surface area contributed by atoms with E-state index in [1.54, 1.807) is 18.2 Å². The summed E-state index contributed by atoms with van der Waals surface area (Å²) < 4.78 is 0. The Morgan fingerprint density at radius 2 is 2.00 bits per heavy atom. The Morgan fingerprint density at radius 1 is 1.23 bits per heavy atom. The maximum atomic E-state index is 11.7. The van der Waals surface area contributed by atoms with Crippen LogP contribution in [0.1, 0.15) is 30.5 Å². The van der Waals surface area contributed by atoms with Crippen LogP contribution in [0.5, 0.6) is 11.5 Å². The average Bonchev–Trinajstić information content (AvgIpc) is 2.97. The van der Waals surface area contributed by atoms with Crippen LogP contribution in [0.4, 0.5) is 0 Å². The Kier molecular flexibility index (Phi) is 3.29. The Hall–Kier alpha value is -2.89. The first-order valence-corrected chi connectivity index (χ1v) is 6.89. The predicted octanol–water partition coefficient (Wildman–Crippen LogP) is 1.63. The van der Waals surface area contributed by atoms with Gasteiger partial charge in [-0.3, -0.25) is 14.7 Å². The molecule has 0 aliphatic heterocycles. The molecule has 0 aliphatic carbocycles. The van der Waals surface area contributed by atoms with Crippen molar-refractivity contribution in [3.8, 4) is 22.6 Å². The fourth-order valence-electron chi connectivity index (χ4n) is 2.74. The van der Waals surface area contributed by atoms with Crippen molar-refractivity contribution in [2.45, 2.75) is 19.3 Å². The van der Waals surface area contributed by atoms with E-state index in [2.05, 4.69) is 10.2 Å². The van der Waals surface area contributed by atoms with Gasteiger partial charge < -0.3 is 10.2 Å². The molecule has 112 valence electrons. The minimum atomic E-state index is -0.868. The van der Waals surface area contributed by atoms with E-state index >= 15 is 0 Å². The third-order valence-electron chi connectivity index (χ3n) is 3.85. The summed E-state index contributed by atoms with van der Waals surface area (Å²) in [6.45, 7) is 1.96. The second-order valence-electron chi connectivity index (χ2n) is 5.14. The Balaban J connectivity index is 2.11. The predicted molar refractivity (Wildman–Crippen MR) is 80.8 cm³/mol. The SMILES string of the molecule is CCC(c1cccc(O)c1)c1[nH]ncc1-c1c(O)c(=O)c1=O. The van der Waals surface area contributed by atoms with E-state index in [0.29, 0.717) is 17.7 Å². The van der Waals surface area contributed by atoms with Gasteiger partial charge in [-0.1, -0.05) is 19.1 Å². The summed E-state index contributed by atoms with van der Waals surface area (Å²) in [5.41, 5.74) is 0.352. The summed E-state index contributed by atoms with van der Waals surface area (Å²) in [5, 5.41) is 26.1. The van der Waals surface area contributed by atoms with Crippen molar-refractivity contribution in [1.29, 1.82) is 0 Å². The molecule has 22 heavy (non-hydrogen) atoms. The van der Waals surface area contributed by atoms with Crippen LogP contribution < -0.4 is 10.9 Å². The zero-order chi connectivity index (χ0) is 15.9. The maximum Gasteiger partial charge on any atom is 0.268 e. The van der Waals surface area contributed by atoms with E-state index in [9.17, 15) is 19.8 Å². The van der Waals surface area contributed by atoms with Crippen molar-refractivity contribution < 1.29 is 10.2 Å². The van der Waals surface area contributed by atoms with Gasteiger partial charge in [-0.2, -0.15) is 5.10 Å². The molecule has 0 spiro atoms. The van der Waals surface area contributed by atoms with Gasteiger partial charge >= 0.3 is 0 Å². The van der Waals surface area contributed by atoms with Crippen LogP contribution in [0.3, 0.4) is 0 Å². The number of phenolic OH excluding ortho intramolecular Hbond substituents is 1. The highest BCUT2D eigenvalue weighted by molar-refractivity contribution is 5.75. The molecule has 0 bridgehead atoms. The van der Waals surface area contributed by atoms with Crippen molar-refractivity contribution >= 4 is 0 Å². The first kappa shape index (κ1) is 14.1. The normalized spacial score (nSPS) is 12.6. The molecule has 1 aromatic heterocycles. The summed E-state index contributed by atoms with van der Waals surface area (Å²) in [7, 11) is 0. The monoisotopic (exact) mass is 298 g/mol. The molecule has 0 aliphatic rings. The number of nitrogens with zero attached hydrogens (tertiary/aromatic N) is 1. The number of rotatable bonds is 4. The molecule has 0 saturated carbocycles. The third-order valence-corrected chi connectivity index (χ3v) is 3.85. The summed E-state index contributed by atoms with van der Waals surface area (Å²) >= 11 is 0. The molecule has 3 rings (SSSR count). The van der Waals surface area contributed by atoms with Crippen molar-refractivity contribution in [3.63, 3.8) is 0 Å².